The van der Waals surface area contributed by atoms with E-state index in [0.717, 1.165) is 18.6 Å². The summed E-state index contributed by atoms with van der Waals surface area (Å²) < 4.78 is 8.53. The smallest absolute Gasteiger partial charge is 0.263 e. The van der Waals surface area contributed by atoms with Gasteiger partial charge in [0.2, 0.25) is 5.95 Å². The van der Waals surface area contributed by atoms with E-state index in [-0.39, 0.29) is 17.4 Å². The number of ether oxygens (including phenoxy) is 1. The van der Waals surface area contributed by atoms with Crippen molar-refractivity contribution in [1.82, 2.24) is 29.5 Å². The summed E-state index contributed by atoms with van der Waals surface area (Å²) in [5.74, 6) is 0.974. The number of aryl methyl sites for hydroxylation is 2. The molecule has 4 rings (SSSR count). The molecule has 0 saturated carbocycles. The fourth-order valence-electron chi connectivity index (χ4n) is 3.10. The fourth-order valence-corrected chi connectivity index (χ4v) is 3.10. The van der Waals surface area contributed by atoms with Crippen LogP contribution in [0.5, 0.6) is 5.75 Å². The molecule has 1 amide bonds. The summed E-state index contributed by atoms with van der Waals surface area (Å²) in [6.45, 7) is 4.53. The summed E-state index contributed by atoms with van der Waals surface area (Å²) in [6.07, 6.45) is 3.49. The Morgan fingerprint density at radius 3 is 2.77 bits per heavy atom. The first-order valence-corrected chi connectivity index (χ1v) is 9.99. The minimum atomic E-state index is -0.336. The van der Waals surface area contributed by atoms with Crippen molar-refractivity contribution in [2.24, 2.45) is 7.05 Å². The second kappa shape index (κ2) is 8.42. The van der Waals surface area contributed by atoms with Gasteiger partial charge in [-0.3, -0.25) is 19.3 Å². The van der Waals surface area contributed by atoms with Crippen molar-refractivity contribution in [1.29, 1.82) is 0 Å². The molecule has 0 unspecified atom stereocenters. The highest BCUT2D eigenvalue weighted by Gasteiger charge is 2.16. The zero-order chi connectivity index (χ0) is 22.0. The number of aromatic amines is 1. The van der Waals surface area contributed by atoms with Crippen molar-refractivity contribution in [3.05, 3.63) is 58.1 Å². The molecule has 0 aliphatic carbocycles. The van der Waals surface area contributed by atoms with E-state index in [1.807, 2.05) is 0 Å². The lowest BCUT2D eigenvalue weighted by Crippen LogP contribution is -2.19. The third-order valence-electron chi connectivity index (χ3n) is 4.75. The summed E-state index contributed by atoms with van der Waals surface area (Å²) in [4.78, 5) is 32.3. The molecule has 0 atom stereocenters. The third kappa shape index (κ3) is 4.18. The number of amides is 1. The Kier molecular flexibility index (Phi) is 5.52. The van der Waals surface area contributed by atoms with Gasteiger partial charge in [0, 0.05) is 18.7 Å². The van der Waals surface area contributed by atoms with E-state index < -0.39 is 0 Å². The van der Waals surface area contributed by atoms with E-state index in [4.69, 9.17) is 4.74 Å². The second-order valence-electron chi connectivity index (χ2n) is 7.16. The zero-order valence-corrected chi connectivity index (χ0v) is 17.5. The highest BCUT2D eigenvalue weighted by atomic mass is 16.5. The van der Waals surface area contributed by atoms with Gasteiger partial charge in [0.25, 0.3) is 11.5 Å². The number of H-pyrrole nitrogens is 1. The van der Waals surface area contributed by atoms with Crippen molar-refractivity contribution in [2.45, 2.75) is 26.7 Å². The molecule has 0 spiro atoms. The van der Waals surface area contributed by atoms with E-state index in [1.54, 1.807) is 44.3 Å². The van der Waals surface area contributed by atoms with Crippen molar-refractivity contribution >= 4 is 22.8 Å². The standard InChI is InChI=1S/C21H23N7O3/c1-4-5-10-31-15-8-6-14(7-9-15)19(29)23-17-11-13(2)26-28(17)21-24-18-16(20(30)25-21)12-22-27(18)3/h6-9,11-12H,4-5,10H2,1-3H3,(H,23,29)(H,24,25,30). The summed E-state index contributed by atoms with van der Waals surface area (Å²) in [5, 5.41) is 11.6. The van der Waals surface area contributed by atoms with Crippen LogP contribution < -0.4 is 15.6 Å². The van der Waals surface area contributed by atoms with Crippen LogP contribution in [-0.4, -0.2) is 42.0 Å². The van der Waals surface area contributed by atoms with Crippen LogP contribution in [0.15, 0.2) is 41.3 Å². The predicted octanol–water partition coefficient (Wildman–Crippen LogP) is 2.58. The number of hydrogen-bond donors (Lipinski definition) is 2. The Morgan fingerprint density at radius 1 is 1.26 bits per heavy atom. The highest BCUT2D eigenvalue weighted by Crippen LogP contribution is 2.18. The van der Waals surface area contributed by atoms with E-state index >= 15 is 0 Å². The number of nitrogens with zero attached hydrogens (tertiary/aromatic N) is 5. The van der Waals surface area contributed by atoms with E-state index in [2.05, 4.69) is 32.4 Å². The average Bonchev–Trinajstić information content (AvgIpc) is 3.31. The molecule has 0 bridgehead atoms. The maximum absolute atomic E-state index is 12.8. The summed E-state index contributed by atoms with van der Waals surface area (Å²) in [6, 6.07) is 8.64. The topological polar surface area (TPSA) is 120 Å². The first kappa shape index (κ1) is 20.3. The quantitative estimate of drug-likeness (QED) is 0.443. The normalized spacial score (nSPS) is 11.1. The number of nitrogens with one attached hydrogen (secondary N) is 2. The number of unbranched alkanes of at least 4 members (excludes halogenated alkanes) is 1. The summed E-state index contributed by atoms with van der Waals surface area (Å²) in [5.41, 5.74) is 1.21. The number of carbonyl (C=O) groups is 1. The minimum absolute atomic E-state index is 0.184. The Hall–Kier alpha value is -3.95. The molecule has 0 fully saturated rings. The third-order valence-corrected chi connectivity index (χ3v) is 4.75. The molecule has 4 aromatic rings. The molecule has 0 saturated heterocycles. The number of benzene rings is 1. The van der Waals surface area contributed by atoms with Gasteiger partial charge >= 0.3 is 0 Å². The lowest BCUT2D eigenvalue weighted by atomic mass is 10.2. The van der Waals surface area contributed by atoms with Crippen LogP contribution in [0.1, 0.15) is 35.8 Å². The van der Waals surface area contributed by atoms with Crippen molar-refractivity contribution in [3.63, 3.8) is 0 Å². The Balaban J connectivity index is 1.59. The number of anilines is 1. The molecule has 10 nitrogen and oxygen atoms in total. The van der Waals surface area contributed by atoms with Gasteiger partial charge in [0.1, 0.15) is 17.0 Å². The van der Waals surface area contributed by atoms with Crippen LogP contribution in [0, 0.1) is 6.92 Å². The van der Waals surface area contributed by atoms with Crippen molar-refractivity contribution in [2.75, 3.05) is 11.9 Å². The largest absolute Gasteiger partial charge is 0.494 e. The molecule has 3 aromatic heterocycles. The van der Waals surface area contributed by atoms with Crippen LogP contribution in [0.3, 0.4) is 0 Å². The number of aromatic nitrogens is 6. The maximum atomic E-state index is 12.8. The van der Waals surface area contributed by atoms with Crippen LogP contribution in [-0.2, 0) is 7.05 Å². The highest BCUT2D eigenvalue weighted by molar-refractivity contribution is 6.04. The Labute approximate surface area is 177 Å². The number of carbonyl (C=O) groups excluding carboxylic acids is 1. The summed E-state index contributed by atoms with van der Waals surface area (Å²) >= 11 is 0. The van der Waals surface area contributed by atoms with Crippen LogP contribution in [0.2, 0.25) is 0 Å². The number of hydrogen-bond acceptors (Lipinski definition) is 6. The Bertz CT molecular complexity index is 1280. The van der Waals surface area contributed by atoms with Crippen LogP contribution in [0.4, 0.5) is 5.82 Å². The van der Waals surface area contributed by atoms with E-state index in [0.29, 0.717) is 34.7 Å². The first-order chi connectivity index (χ1) is 15.0. The molecule has 160 valence electrons. The van der Waals surface area contributed by atoms with Gasteiger partial charge in [0.15, 0.2) is 5.65 Å². The fraction of sp³-hybridized carbons (Fsp3) is 0.286. The van der Waals surface area contributed by atoms with Gasteiger partial charge in [0.05, 0.1) is 18.5 Å². The maximum Gasteiger partial charge on any atom is 0.263 e. The van der Waals surface area contributed by atoms with Gasteiger partial charge in [-0.25, -0.2) is 0 Å². The molecule has 1 aromatic carbocycles. The molecule has 0 aliphatic heterocycles. The summed E-state index contributed by atoms with van der Waals surface area (Å²) in [7, 11) is 1.70. The van der Waals surface area contributed by atoms with Gasteiger partial charge in [-0.2, -0.15) is 19.9 Å². The molecule has 0 aliphatic rings. The zero-order valence-electron chi connectivity index (χ0n) is 17.5. The van der Waals surface area contributed by atoms with Gasteiger partial charge < -0.3 is 10.1 Å². The van der Waals surface area contributed by atoms with Crippen LogP contribution in [0.25, 0.3) is 17.0 Å². The van der Waals surface area contributed by atoms with E-state index in [9.17, 15) is 9.59 Å². The predicted molar refractivity (Wildman–Crippen MR) is 116 cm³/mol. The van der Waals surface area contributed by atoms with Gasteiger partial charge in [-0.1, -0.05) is 13.3 Å². The lowest BCUT2D eigenvalue weighted by Gasteiger charge is -2.09. The van der Waals surface area contributed by atoms with Crippen LogP contribution >= 0.6 is 0 Å². The van der Waals surface area contributed by atoms with Crippen molar-refractivity contribution < 1.29 is 9.53 Å². The molecule has 2 N–H and O–H groups in total. The average molecular weight is 421 g/mol. The van der Waals surface area contributed by atoms with Gasteiger partial charge in [-0.05, 0) is 37.6 Å². The molecule has 10 heteroatoms. The molecule has 31 heavy (non-hydrogen) atoms. The van der Waals surface area contributed by atoms with Crippen molar-refractivity contribution in [3.8, 4) is 11.7 Å². The minimum Gasteiger partial charge on any atom is -0.494 e. The van der Waals surface area contributed by atoms with Gasteiger partial charge in [-0.15, -0.1) is 0 Å². The lowest BCUT2D eigenvalue weighted by molar-refractivity contribution is 0.102. The molecule has 3 heterocycles. The number of rotatable bonds is 7. The molecular weight excluding hydrogens is 398 g/mol. The second-order valence-corrected chi connectivity index (χ2v) is 7.16. The van der Waals surface area contributed by atoms with E-state index in [1.165, 1.54) is 15.6 Å². The SMILES string of the molecule is CCCCOc1ccc(C(=O)Nc2cc(C)nn2-c2nc3c(cnn3C)c(=O)[nH]2)cc1. The Morgan fingerprint density at radius 2 is 2.03 bits per heavy atom. The number of fused-ring (bicyclic) bond motifs is 1. The monoisotopic (exact) mass is 421 g/mol. The molecular formula is C21H23N7O3. The molecule has 0 radical (unpaired) electrons. The first-order valence-electron chi connectivity index (χ1n) is 9.99.